The molecule has 0 radical (unpaired) electrons. The Morgan fingerprint density at radius 1 is 1.05 bits per heavy atom. The third-order valence-corrected chi connectivity index (χ3v) is 9.97. The van der Waals surface area contributed by atoms with E-state index in [1.165, 1.54) is 0 Å². The summed E-state index contributed by atoms with van der Waals surface area (Å²) in [6.07, 6.45) is 0.0148. The molecule has 22 heavy (non-hydrogen) atoms. The van der Waals surface area contributed by atoms with E-state index in [1.807, 2.05) is 53.3 Å². The van der Waals surface area contributed by atoms with Crippen molar-refractivity contribution in [3.05, 3.63) is 0 Å². The molecule has 124 valence electrons. The van der Waals surface area contributed by atoms with Crippen LogP contribution in [0, 0.1) is 22.7 Å². The van der Waals surface area contributed by atoms with Gasteiger partial charge in [0.2, 0.25) is 0 Å². The van der Waals surface area contributed by atoms with Crippen molar-refractivity contribution in [2.75, 3.05) is 13.6 Å². The van der Waals surface area contributed by atoms with Crippen molar-refractivity contribution >= 4 is 7.43 Å². The molecule has 1 unspecified atom stereocenters. The topological polar surface area (TPSA) is 78.5 Å². The first-order valence-corrected chi connectivity index (χ1v) is 9.49. The van der Waals surface area contributed by atoms with Crippen LogP contribution in [0.25, 0.3) is 0 Å². The van der Waals surface area contributed by atoms with Crippen LogP contribution in [0.1, 0.15) is 48.0 Å². The number of likely N-dealkylation sites (N-methyl/N-ethyl adjacent to an activating group) is 1. The summed E-state index contributed by atoms with van der Waals surface area (Å²) in [7, 11) is -2.06. The molecule has 0 N–H and O–H groups in total. The fourth-order valence-corrected chi connectivity index (χ4v) is 8.95. The molecule has 2 saturated heterocycles. The summed E-state index contributed by atoms with van der Waals surface area (Å²) in [5, 5.41) is 18.9. The molecule has 2 aliphatic rings. The van der Waals surface area contributed by atoms with Gasteiger partial charge in [0.15, 0.2) is 0 Å². The number of hydrogen-bond acceptors (Lipinski definition) is 6. The molecule has 2 fully saturated rings. The van der Waals surface area contributed by atoms with Crippen LogP contribution >= 0.6 is 7.43 Å². The first-order chi connectivity index (χ1) is 9.85. The number of hydrogen-bond donors (Lipinski definition) is 0. The van der Waals surface area contributed by atoms with E-state index >= 15 is 0 Å². The molecule has 0 aromatic rings. The van der Waals surface area contributed by atoms with Crippen LogP contribution in [0.5, 0.6) is 0 Å². The van der Waals surface area contributed by atoms with Gasteiger partial charge < -0.3 is 0 Å². The molecule has 2 rings (SSSR count). The molecule has 0 amide bonds. The van der Waals surface area contributed by atoms with E-state index in [2.05, 4.69) is 12.1 Å². The summed E-state index contributed by atoms with van der Waals surface area (Å²) >= 11 is 0. The molecule has 6 nitrogen and oxygen atoms in total. The van der Waals surface area contributed by atoms with Crippen LogP contribution in [0.4, 0.5) is 0 Å². The summed E-state index contributed by atoms with van der Waals surface area (Å²) in [6, 6.07) is 4.32. The molecule has 2 heterocycles. The Kier molecular flexibility index (Phi) is 3.71. The molecule has 1 atom stereocenters. The van der Waals surface area contributed by atoms with Gasteiger partial charge in [-0.3, -0.25) is 0 Å². The second kappa shape index (κ2) is 4.63. The van der Waals surface area contributed by atoms with Crippen molar-refractivity contribution in [1.82, 2.24) is 4.67 Å². The van der Waals surface area contributed by atoms with Gasteiger partial charge in [-0.1, -0.05) is 0 Å². The zero-order chi connectivity index (χ0) is 17.1. The fraction of sp³-hybridized carbons (Fsp3) is 0.867. The maximum absolute atomic E-state index is 9.73. The van der Waals surface area contributed by atoms with Crippen LogP contribution in [0.3, 0.4) is 0 Å². The third-order valence-electron chi connectivity index (χ3n) is 4.84. The zero-order valence-corrected chi connectivity index (χ0v) is 15.4. The van der Waals surface area contributed by atoms with Crippen LogP contribution < -0.4 is 0 Å². The Labute approximate surface area is 133 Å². The van der Waals surface area contributed by atoms with Crippen molar-refractivity contribution < 1.29 is 13.6 Å². The molecule has 0 aromatic carbocycles. The number of nitrogens with zero attached hydrogens (tertiary/aromatic N) is 3. The van der Waals surface area contributed by atoms with Gasteiger partial charge in [0.05, 0.1) is 0 Å². The summed E-state index contributed by atoms with van der Waals surface area (Å²) in [5.41, 5.74) is -2.54. The first-order valence-electron chi connectivity index (χ1n) is 7.48. The third kappa shape index (κ3) is 2.10. The molecule has 0 aromatic heterocycles. The molecular weight excluding hydrogens is 301 g/mol. The van der Waals surface area contributed by atoms with E-state index in [9.17, 15) is 10.5 Å². The van der Waals surface area contributed by atoms with Gasteiger partial charge in [-0.05, 0) is 0 Å². The van der Waals surface area contributed by atoms with Crippen LogP contribution in [0.15, 0.2) is 0 Å². The predicted molar refractivity (Wildman–Crippen MR) is 84.7 cm³/mol. The Balaban J connectivity index is 2.70. The molecular formula is C15H26N3O3P. The average Bonchev–Trinajstić information content (AvgIpc) is 2.61. The standard InChI is InChI=1S/C15H26N3O3P/c1-13(2)11-18(7)22(19-13,12(10-17)8-9-16)20-14(3,4)15(5,6)21-22/h12H,8,11H2,1-7H3. The first kappa shape index (κ1) is 17.6. The predicted octanol–water partition coefficient (Wildman–Crippen LogP) is 3.35. The molecule has 0 saturated carbocycles. The van der Waals surface area contributed by atoms with Crippen molar-refractivity contribution in [2.45, 2.75) is 70.4 Å². The Hall–Kier alpha value is -0.750. The van der Waals surface area contributed by atoms with Crippen LogP contribution in [0.2, 0.25) is 0 Å². The zero-order valence-electron chi connectivity index (χ0n) is 14.5. The van der Waals surface area contributed by atoms with Crippen molar-refractivity contribution in [2.24, 2.45) is 0 Å². The molecule has 0 bridgehead atoms. The quantitative estimate of drug-likeness (QED) is 0.724. The minimum atomic E-state index is -3.93. The summed E-state index contributed by atoms with van der Waals surface area (Å²) in [4.78, 5) is 0. The number of nitriles is 2. The van der Waals surface area contributed by atoms with E-state index in [-0.39, 0.29) is 6.42 Å². The van der Waals surface area contributed by atoms with Crippen molar-refractivity contribution in [1.29, 1.82) is 10.5 Å². The van der Waals surface area contributed by atoms with Gasteiger partial charge in [0.25, 0.3) is 0 Å². The summed E-state index contributed by atoms with van der Waals surface area (Å²) in [6.45, 7) is 12.3. The number of rotatable bonds is 2. The molecule has 1 spiro atoms. The SMILES string of the molecule is CN1CC(C)(C)OP12(C(C#N)CC#N)OC(C)(C)C(C)(C)O2. The second-order valence-corrected chi connectivity index (χ2v) is 11.4. The van der Waals surface area contributed by atoms with E-state index in [0.29, 0.717) is 6.54 Å². The average molecular weight is 327 g/mol. The summed E-state index contributed by atoms with van der Waals surface area (Å²) in [5.74, 6) is 0. The monoisotopic (exact) mass is 327 g/mol. The minimum absolute atomic E-state index is 0.0148. The Bertz CT molecular complexity index is 558. The van der Waals surface area contributed by atoms with Gasteiger partial charge in [-0.2, -0.15) is 0 Å². The Morgan fingerprint density at radius 2 is 1.55 bits per heavy atom. The van der Waals surface area contributed by atoms with Crippen molar-refractivity contribution in [3.8, 4) is 12.1 Å². The van der Waals surface area contributed by atoms with Crippen LogP contribution in [-0.2, 0) is 13.6 Å². The normalized spacial score (nSPS) is 33.4. The summed E-state index contributed by atoms with van der Waals surface area (Å²) < 4.78 is 21.3. The fourth-order valence-electron chi connectivity index (χ4n) is 3.30. The molecule has 2 aliphatic heterocycles. The van der Waals surface area contributed by atoms with E-state index in [0.717, 1.165) is 0 Å². The van der Waals surface area contributed by atoms with Gasteiger partial charge in [0.1, 0.15) is 0 Å². The van der Waals surface area contributed by atoms with Gasteiger partial charge >= 0.3 is 132 Å². The molecule has 0 aliphatic carbocycles. The Morgan fingerprint density at radius 3 is 1.86 bits per heavy atom. The van der Waals surface area contributed by atoms with Crippen LogP contribution in [-0.4, -0.2) is 40.7 Å². The molecule has 7 heteroatoms. The van der Waals surface area contributed by atoms with Gasteiger partial charge in [-0.25, -0.2) is 0 Å². The van der Waals surface area contributed by atoms with E-state index in [1.54, 1.807) is 0 Å². The van der Waals surface area contributed by atoms with Crippen molar-refractivity contribution in [3.63, 3.8) is 0 Å². The maximum atomic E-state index is 9.73. The van der Waals surface area contributed by atoms with Gasteiger partial charge in [0, 0.05) is 0 Å². The second-order valence-electron chi connectivity index (χ2n) is 7.78. The van der Waals surface area contributed by atoms with Gasteiger partial charge in [-0.15, -0.1) is 0 Å². The van der Waals surface area contributed by atoms with E-state index < -0.39 is 29.9 Å². The van der Waals surface area contributed by atoms with E-state index in [4.69, 9.17) is 13.6 Å².